The number of para-hydroxylation sites is 1. The van der Waals surface area contributed by atoms with Crippen LogP contribution >= 0.6 is 0 Å². The van der Waals surface area contributed by atoms with Crippen molar-refractivity contribution in [2.75, 3.05) is 67.8 Å². The van der Waals surface area contributed by atoms with Crippen molar-refractivity contribution in [3.8, 4) is 5.75 Å². The van der Waals surface area contributed by atoms with E-state index >= 15 is 0 Å². The molecule has 9 heteroatoms. The van der Waals surface area contributed by atoms with E-state index in [0.29, 0.717) is 28.7 Å². The summed E-state index contributed by atoms with van der Waals surface area (Å²) in [6.45, 7) is 4.05. The van der Waals surface area contributed by atoms with Crippen LogP contribution in [-0.4, -0.2) is 68.2 Å². The van der Waals surface area contributed by atoms with Crippen molar-refractivity contribution in [2.45, 2.75) is 0 Å². The molecule has 1 fully saturated rings. The fourth-order valence-electron chi connectivity index (χ4n) is 4.13. The van der Waals surface area contributed by atoms with Crippen molar-refractivity contribution in [1.82, 2.24) is 14.9 Å². The molecule has 1 aromatic heterocycles. The molecule has 3 heterocycles. The van der Waals surface area contributed by atoms with E-state index in [2.05, 4.69) is 43.5 Å². The molecule has 0 saturated carbocycles. The number of nitrogens with zero attached hydrogens (tertiary/aromatic N) is 5. The van der Waals surface area contributed by atoms with Gasteiger partial charge in [-0.2, -0.15) is 4.98 Å². The molecule has 0 radical (unpaired) electrons. The fourth-order valence-corrected chi connectivity index (χ4v) is 4.13. The molecule has 2 N–H and O–H groups in total. The van der Waals surface area contributed by atoms with Crippen LogP contribution in [0.1, 0.15) is 10.4 Å². The van der Waals surface area contributed by atoms with Gasteiger partial charge in [-0.15, -0.1) is 0 Å². The molecular weight excluding hydrogens is 418 g/mol. The van der Waals surface area contributed by atoms with Crippen LogP contribution in [0.15, 0.2) is 48.7 Å². The Kier molecular flexibility index (Phi) is 5.47. The Morgan fingerprint density at radius 3 is 2.64 bits per heavy atom. The Hall–Kier alpha value is -3.85. The first-order valence-corrected chi connectivity index (χ1v) is 10.9. The van der Waals surface area contributed by atoms with Crippen molar-refractivity contribution in [2.24, 2.45) is 0 Å². The maximum Gasteiger partial charge on any atom is 0.260 e. The van der Waals surface area contributed by atoms with Gasteiger partial charge in [-0.05, 0) is 31.3 Å². The normalized spacial score (nSPS) is 15.9. The topological polar surface area (TPSA) is 85.9 Å². The number of piperazine rings is 1. The standard InChI is InChI=1S/C24H27N7O2/c1-29-10-12-31(13-11-29)16-8-9-19(21(14-16)33-3)27-24-25-15-20-22(28-24)26-18-7-5-4-6-17(18)23(32)30(20)2/h4-9,14-15H,10-13H2,1-3H3,(H2,25,26,27,28). The van der Waals surface area contributed by atoms with E-state index in [1.54, 1.807) is 31.3 Å². The van der Waals surface area contributed by atoms with Crippen LogP contribution in [0, 0.1) is 0 Å². The van der Waals surface area contributed by atoms with Gasteiger partial charge in [0.25, 0.3) is 5.91 Å². The quantitative estimate of drug-likeness (QED) is 0.633. The summed E-state index contributed by atoms with van der Waals surface area (Å²) in [5.74, 6) is 1.58. The van der Waals surface area contributed by atoms with Crippen LogP contribution in [0.4, 0.5) is 34.5 Å². The first-order valence-electron chi connectivity index (χ1n) is 10.9. The summed E-state index contributed by atoms with van der Waals surface area (Å²) in [5, 5.41) is 6.54. The zero-order chi connectivity index (χ0) is 22.9. The van der Waals surface area contributed by atoms with Gasteiger partial charge in [0.1, 0.15) is 11.4 Å². The van der Waals surface area contributed by atoms with Gasteiger partial charge in [0.15, 0.2) is 5.82 Å². The highest BCUT2D eigenvalue weighted by Crippen LogP contribution is 2.35. The molecule has 1 amide bonds. The summed E-state index contributed by atoms with van der Waals surface area (Å²) >= 11 is 0. The van der Waals surface area contributed by atoms with E-state index in [0.717, 1.165) is 43.3 Å². The Labute approximate surface area is 193 Å². The number of ether oxygens (including phenoxy) is 1. The fraction of sp³-hybridized carbons (Fsp3) is 0.292. The van der Waals surface area contributed by atoms with E-state index in [9.17, 15) is 4.79 Å². The monoisotopic (exact) mass is 445 g/mol. The zero-order valence-electron chi connectivity index (χ0n) is 19.0. The second-order valence-corrected chi connectivity index (χ2v) is 8.26. The number of rotatable bonds is 4. The average Bonchev–Trinajstić information content (AvgIpc) is 2.94. The minimum atomic E-state index is -0.109. The number of hydrogen-bond donors (Lipinski definition) is 2. The highest BCUT2D eigenvalue weighted by atomic mass is 16.5. The second-order valence-electron chi connectivity index (χ2n) is 8.26. The Morgan fingerprint density at radius 1 is 1.06 bits per heavy atom. The van der Waals surface area contributed by atoms with Crippen molar-refractivity contribution < 1.29 is 9.53 Å². The Morgan fingerprint density at radius 2 is 1.85 bits per heavy atom. The van der Waals surface area contributed by atoms with Gasteiger partial charge in [-0.3, -0.25) is 4.79 Å². The van der Waals surface area contributed by atoms with Crippen molar-refractivity contribution >= 4 is 40.4 Å². The molecule has 0 aliphatic carbocycles. The molecule has 1 saturated heterocycles. The summed E-state index contributed by atoms with van der Waals surface area (Å²) in [4.78, 5) is 28.2. The van der Waals surface area contributed by atoms with E-state index in [1.165, 1.54) is 0 Å². The molecule has 0 bridgehead atoms. The van der Waals surface area contributed by atoms with Crippen molar-refractivity contribution in [3.63, 3.8) is 0 Å². The SMILES string of the molecule is COc1cc(N2CCN(C)CC2)ccc1Nc1ncc2c(n1)Nc1ccccc1C(=O)N2C. The van der Waals surface area contributed by atoms with Crippen molar-refractivity contribution in [1.29, 1.82) is 0 Å². The molecule has 9 nitrogen and oxygen atoms in total. The smallest absolute Gasteiger partial charge is 0.260 e. The number of nitrogens with one attached hydrogen (secondary N) is 2. The van der Waals surface area contributed by atoms with Crippen LogP contribution < -0.4 is 25.2 Å². The average molecular weight is 446 g/mol. The zero-order valence-corrected chi connectivity index (χ0v) is 19.0. The largest absolute Gasteiger partial charge is 0.494 e. The van der Waals surface area contributed by atoms with Gasteiger partial charge in [0.05, 0.1) is 30.2 Å². The van der Waals surface area contributed by atoms with Crippen LogP contribution in [0.25, 0.3) is 0 Å². The molecular formula is C24H27N7O2. The second kappa shape index (κ2) is 8.59. The number of benzene rings is 2. The molecule has 33 heavy (non-hydrogen) atoms. The Bertz CT molecular complexity index is 1190. The van der Waals surface area contributed by atoms with Gasteiger partial charge >= 0.3 is 0 Å². The molecule has 5 rings (SSSR count). The number of amides is 1. The molecule has 0 unspecified atom stereocenters. The number of likely N-dealkylation sites (N-methyl/N-ethyl adjacent to an activating group) is 1. The molecule has 0 spiro atoms. The molecule has 2 aliphatic heterocycles. The van der Waals surface area contributed by atoms with Gasteiger partial charge < -0.3 is 30.1 Å². The number of fused-ring (bicyclic) bond motifs is 2. The van der Waals surface area contributed by atoms with Crippen LogP contribution in [0.2, 0.25) is 0 Å². The highest BCUT2D eigenvalue weighted by Gasteiger charge is 2.25. The van der Waals surface area contributed by atoms with Crippen LogP contribution in [-0.2, 0) is 0 Å². The number of carbonyl (C=O) groups excluding carboxylic acids is 1. The van der Waals surface area contributed by atoms with Gasteiger partial charge in [-0.25, -0.2) is 4.98 Å². The molecule has 2 aromatic carbocycles. The maximum absolute atomic E-state index is 12.8. The lowest BCUT2D eigenvalue weighted by atomic mass is 10.1. The number of aromatic nitrogens is 2. The van der Waals surface area contributed by atoms with E-state index in [1.807, 2.05) is 30.3 Å². The molecule has 0 atom stereocenters. The minimum Gasteiger partial charge on any atom is -0.494 e. The maximum atomic E-state index is 12.8. The summed E-state index contributed by atoms with van der Waals surface area (Å²) in [6.07, 6.45) is 1.65. The minimum absolute atomic E-state index is 0.109. The van der Waals surface area contributed by atoms with Gasteiger partial charge in [0.2, 0.25) is 5.95 Å². The third kappa shape index (κ3) is 4.03. The van der Waals surface area contributed by atoms with Crippen LogP contribution in [0.5, 0.6) is 5.75 Å². The van der Waals surface area contributed by atoms with E-state index in [-0.39, 0.29) is 5.91 Å². The molecule has 2 aliphatic rings. The van der Waals surface area contributed by atoms with E-state index < -0.39 is 0 Å². The van der Waals surface area contributed by atoms with Crippen LogP contribution in [0.3, 0.4) is 0 Å². The van der Waals surface area contributed by atoms with Crippen molar-refractivity contribution in [3.05, 3.63) is 54.2 Å². The van der Waals surface area contributed by atoms with Gasteiger partial charge in [0, 0.05) is 45.0 Å². The molecule has 170 valence electrons. The Balaban J connectivity index is 1.42. The van der Waals surface area contributed by atoms with Gasteiger partial charge in [-0.1, -0.05) is 12.1 Å². The lowest BCUT2D eigenvalue weighted by Crippen LogP contribution is -2.44. The third-order valence-corrected chi connectivity index (χ3v) is 6.15. The summed E-state index contributed by atoms with van der Waals surface area (Å²) in [6, 6.07) is 13.5. The number of hydrogen-bond acceptors (Lipinski definition) is 8. The third-order valence-electron chi connectivity index (χ3n) is 6.15. The first-order chi connectivity index (χ1) is 16.0. The highest BCUT2D eigenvalue weighted by molar-refractivity contribution is 6.12. The molecule has 3 aromatic rings. The number of methoxy groups -OCH3 is 1. The lowest BCUT2D eigenvalue weighted by molar-refractivity contribution is 0.0994. The predicted octanol–water partition coefficient (Wildman–Crippen LogP) is 3.31. The van der Waals surface area contributed by atoms with E-state index in [4.69, 9.17) is 4.74 Å². The predicted molar refractivity (Wildman–Crippen MR) is 130 cm³/mol. The summed E-state index contributed by atoms with van der Waals surface area (Å²) < 4.78 is 5.66. The first kappa shape index (κ1) is 21.0. The lowest BCUT2D eigenvalue weighted by Gasteiger charge is -2.34. The summed E-state index contributed by atoms with van der Waals surface area (Å²) in [5.41, 5.74) is 3.82. The number of anilines is 6. The summed E-state index contributed by atoms with van der Waals surface area (Å²) in [7, 11) is 5.53. The number of carbonyl (C=O) groups is 1.